The minimum Gasteiger partial charge on any atom is -0.350 e. The van der Waals surface area contributed by atoms with Crippen LogP contribution in [0.1, 0.15) is 62.6 Å². The number of aryl methyl sites for hydroxylation is 1. The number of imidazole rings is 1. The van der Waals surface area contributed by atoms with Gasteiger partial charge in [-0.05, 0) is 68.6 Å². The van der Waals surface area contributed by atoms with Crippen molar-refractivity contribution in [1.82, 2.24) is 20.2 Å². The van der Waals surface area contributed by atoms with Crippen molar-refractivity contribution in [3.05, 3.63) is 66.0 Å². The zero-order valence-electron chi connectivity index (χ0n) is 18.4. The summed E-state index contributed by atoms with van der Waals surface area (Å²) >= 11 is 0. The molecular formula is C26H32N4O. The van der Waals surface area contributed by atoms with E-state index < -0.39 is 0 Å². The van der Waals surface area contributed by atoms with Gasteiger partial charge in [0.05, 0.1) is 23.2 Å². The first-order valence-corrected chi connectivity index (χ1v) is 11.6. The number of rotatable bonds is 6. The van der Waals surface area contributed by atoms with E-state index in [1.165, 1.54) is 23.9 Å². The smallest absolute Gasteiger partial charge is 0.217 e. The average Bonchev–Trinajstić information content (AvgIpc) is 3.22. The number of carbonyl (C=O) groups is 1. The Balaban J connectivity index is 1.30. The number of para-hydroxylation sites is 2. The Labute approximate surface area is 184 Å². The van der Waals surface area contributed by atoms with E-state index in [4.69, 9.17) is 4.98 Å². The summed E-state index contributed by atoms with van der Waals surface area (Å²) in [6, 6.07) is 19.5. The first kappa shape index (κ1) is 20.3. The molecule has 5 heteroatoms. The minimum absolute atomic E-state index is 0.0427. The van der Waals surface area contributed by atoms with Gasteiger partial charge in [-0.1, -0.05) is 42.5 Å². The Kier molecular flexibility index (Phi) is 5.53. The molecule has 3 aromatic rings. The van der Waals surface area contributed by atoms with Crippen LogP contribution in [-0.4, -0.2) is 21.5 Å². The highest BCUT2D eigenvalue weighted by Gasteiger charge is 2.43. The number of fused-ring (bicyclic) bond motifs is 3. The highest BCUT2D eigenvalue weighted by atomic mass is 16.1. The van der Waals surface area contributed by atoms with Gasteiger partial charge < -0.3 is 9.88 Å². The molecular weight excluding hydrogens is 384 g/mol. The molecule has 1 saturated heterocycles. The van der Waals surface area contributed by atoms with E-state index in [9.17, 15) is 4.79 Å². The fraction of sp³-hybridized carbons (Fsp3) is 0.462. The highest BCUT2D eigenvalue weighted by Crippen LogP contribution is 2.45. The van der Waals surface area contributed by atoms with Crippen LogP contribution in [0.4, 0.5) is 0 Å². The molecule has 5 rings (SSSR count). The summed E-state index contributed by atoms with van der Waals surface area (Å²) < 4.78 is 2.40. The van der Waals surface area contributed by atoms with E-state index in [0.29, 0.717) is 18.1 Å². The molecule has 4 unspecified atom stereocenters. The quantitative estimate of drug-likeness (QED) is 0.602. The van der Waals surface area contributed by atoms with Gasteiger partial charge >= 0.3 is 0 Å². The summed E-state index contributed by atoms with van der Waals surface area (Å²) in [5.74, 6) is 2.53. The fourth-order valence-corrected chi connectivity index (χ4v) is 6.04. The zero-order chi connectivity index (χ0) is 21.4. The number of benzene rings is 2. The van der Waals surface area contributed by atoms with Gasteiger partial charge in [0.25, 0.3) is 0 Å². The molecule has 2 aliphatic rings. The lowest BCUT2D eigenvalue weighted by atomic mass is 9.81. The van der Waals surface area contributed by atoms with Crippen molar-refractivity contribution in [1.29, 1.82) is 0 Å². The van der Waals surface area contributed by atoms with Gasteiger partial charge in [-0.2, -0.15) is 0 Å². The number of nitrogens with zero attached hydrogens (tertiary/aromatic N) is 2. The van der Waals surface area contributed by atoms with Gasteiger partial charge in [0.15, 0.2) is 0 Å². The number of piperidine rings is 1. The molecule has 1 aliphatic carbocycles. The van der Waals surface area contributed by atoms with Gasteiger partial charge in [0, 0.05) is 13.0 Å². The first-order valence-electron chi connectivity index (χ1n) is 11.6. The van der Waals surface area contributed by atoms with Crippen LogP contribution in [0.5, 0.6) is 0 Å². The summed E-state index contributed by atoms with van der Waals surface area (Å²) in [7, 11) is 0. The van der Waals surface area contributed by atoms with Crippen LogP contribution in [0.3, 0.4) is 0 Å². The number of carbonyl (C=O) groups excluding carboxylic acids is 1. The van der Waals surface area contributed by atoms with Crippen molar-refractivity contribution in [2.75, 3.05) is 0 Å². The lowest BCUT2D eigenvalue weighted by Gasteiger charge is -2.38. The molecule has 162 valence electrons. The lowest BCUT2D eigenvalue weighted by Crippen LogP contribution is -2.45. The molecule has 2 heterocycles. The van der Waals surface area contributed by atoms with Crippen molar-refractivity contribution in [2.45, 2.75) is 64.2 Å². The second-order valence-electron chi connectivity index (χ2n) is 9.28. The van der Waals surface area contributed by atoms with Crippen LogP contribution >= 0.6 is 0 Å². The molecule has 2 bridgehead atoms. The summed E-state index contributed by atoms with van der Waals surface area (Å²) in [5, 5.41) is 7.14. The van der Waals surface area contributed by atoms with E-state index in [-0.39, 0.29) is 11.9 Å². The maximum absolute atomic E-state index is 11.8. The largest absolute Gasteiger partial charge is 0.350 e. The van der Waals surface area contributed by atoms with Crippen LogP contribution in [0.15, 0.2) is 54.6 Å². The number of amides is 1. The van der Waals surface area contributed by atoms with E-state index >= 15 is 0 Å². The van der Waals surface area contributed by atoms with Gasteiger partial charge in [0.1, 0.15) is 5.82 Å². The van der Waals surface area contributed by atoms with Crippen molar-refractivity contribution in [3.8, 4) is 0 Å². The van der Waals surface area contributed by atoms with Crippen LogP contribution in [0.25, 0.3) is 11.0 Å². The standard InChI is InChI=1S/C26H32N4O/c1-17-27-24-10-6-7-11-25(24)30(17)26-16-20-12-14-23(29-26)21(20)13-15-22(28-18(2)31)19-8-4-3-5-9-19/h3-11,20-23,26,29H,12-16H2,1-2H3,(H,28,31)/t20?,21?,22-,23?,26?/m0/s1. The number of nitrogens with one attached hydrogen (secondary N) is 2. The van der Waals surface area contributed by atoms with Gasteiger partial charge in [-0.15, -0.1) is 0 Å². The molecule has 31 heavy (non-hydrogen) atoms. The van der Waals surface area contributed by atoms with E-state index in [0.717, 1.165) is 36.5 Å². The Bertz CT molecular complexity index is 1050. The Morgan fingerprint density at radius 3 is 2.71 bits per heavy atom. The third-order valence-corrected chi connectivity index (χ3v) is 7.36. The molecule has 5 atom stereocenters. The monoisotopic (exact) mass is 416 g/mol. The van der Waals surface area contributed by atoms with Crippen molar-refractivity contribution in [2.24, 2.45) is 11.8 Å². The molecule has 5 nitrogen and oxygen atoms in total. The van der Waals surface area contributed by atoms with Gasteiger partial charge in [-0.3, -0.25) is 10.1 Å². The predicted octanol–water partition coefficient (Wildman–Crippen LogP) is 4.89. The molecule has 2 N–H and O–H groups in total. The molecule has 0 radical (unpaired) electrons. The van der Waals surface area contributed by atoms with Crippen LogP contribution < -0.4 is 10.6 Å². The molecule has 0 spiro atoms. The first-order chi connectivity index (χ1) is 15.1. The zero-order valence-corrected chi connectivity index (χ0v) is 18.4. The topological polar surface area (TPSA) is 59.0 Å². The third kappa shape index (κ3) is 3.99. The molecule has 1 saturated carbocycles. The fourth-order valence-electron chi connectivity index (χ4n) is 6.04. The summed E-state index contributed by atoms with van der Waals surface area (Å²) in [4.78, 5) is 16.6. The van der Waals surface area contributed by atoms with Crippen molar-refractivity contribution >= 4 is 16.9 Å². The van der Waals surface area contributed by atoms with Crippen LogP contribution in [0.2, 0.25) is 0 Å². The maximum Gasteiger partial charge on any atom is 0.217 e. The highest BCUT2D eigenvalue weighted by molar-refractivity contribution is 5.76. The van der Waals surface area contributed by atoms with Gasteiger partial charge in [0.2, 0.25) is 5.91 Å². The van der Waals surface area contributed by atoms with E-state index in [1.807, 2.05) is 6.07 Å². The Morgan fingerprint density at radius 2 is 1.94 bits per heavy atom. The maximum atomic E-state index is 11.8. The number of hydrogen-bond donors (Lipinski definition) is 2. The number of hydrogen-bond acceptors (Lipinski definition) is 3. The van der Waals surface area contributed by atoms with Crippen molar-refractivity contribution < 1.29 is 4.79 Å². The third-order valence-electron chi connectivity index (χ3n) is 7.36. The predicted molar refractivity (Wildman–Crippen MR) is 123 cm³/mol. The normalized spacial score (nSPS) is 26.1. The number of aromatic nitrogens is 2. The molecule has 2 aromatic carbocycles. The second kappa shape index (κ2) is 8.46. The molecule has 1 amide bonds. The summed E-state index contributed by atoms with van der Waals surface area (Å²) in [6.07, 6.45) is 6.13. The minimum atomic E-state index is 0.0427. The van der Waals surface area contributed by atoms with Crippen LogP contribution in [-0.2, 0) is 4.79 Å². The Morgan fingerprint density at radius 1 is 1.16 bits per heavy atom. The van der Waals surface area contributed by atoms with Crippen LogP contribution in [0, 0.1) is 18.8 Å². The summed E-state index contributed by atoms with van der Waals surface area (Å²) in [5.41, 5.74) is 3.51. The average molecular weight is 417 g/mol. The lowest BCUT2D eigenvalue weighted by molar-refractivity contribution is -0.119. The molecule has 1 aromatic heterocycles. The Hall–Kier alpha value is -2.66. The SMILES string of the molecule is CC(=O)N[C@@H](CCC1C2CCC1NC(n1c(C)nc3ccccc31)C2)c1ccccc1. The van der Waals surface area contributed by atoms with E-state index in [2.05, 4.69) is 70.7 Å². The van der Waals surface area contributed by atoms with Gasteiger partial charge in [-0.25, -0.2) is 4.98 Å². The summed E-state index contributed by atoms with van der Waals surface area (Å²) in [6.45, 7) is 3.73. The second-order valence-corrected chi connectivity index (χ2v) is 9.28. The molecule has 1 aliphatic heterocycles. The van der Waals surface area contributed by atoms with Crippen molar-refractivity contribution in [3.63, 3.8) is 0 Å². The molecule has 2 fully saturated rings. The van der Waals surface area contributed by atoms with E-state index in [1.54, 1.807) is 6.92 Å².